The van der Waals surface area contributed by atoms with Gasteiger partial charge < -0.3 is 31.3 Å². The van der Waals surface area contributed by atoms with E-state index in [1.54, 1.807) is 44.5 Å². The Morgan fingerprint density at radius 3 is 2.27 bits per heavy atom. The van der Waals surface area contributed by atoms with Crippen molar-refractivity contribution in [2.45, 2.75) is 45.4 Å². The highest BCUT2D eigenvalue weighted by molar-refractivity contribution is 5.99. The molecule has 2 heterocycles. The number of pyridine rings is 1. The molecule has 11 nitrogen and oxygen atoms in total. The van der Waals surface area contributed by atoms with Crippen LogP contribution in [0.25, 0.3) is 10.9 Å². The summed E-state index contributed by atoms with van der Waals surface area (Å²) in [5.74, 6) is -3.40. The number of halogens is 3. The average molecular weight is 613 g/mol. The monoisotopic (exact) mass is 612 g/mol. The molecule has 0 saturated heterocycles. The first-order valence-electron chi connectivity index (χ1n) is 13.7. The van der Waals surface area contributed by atoms with Crippen LogP contribution in [0.1, 0.15) is 49.7 Å². The van der Waals surface area contributed by atoms with Gasteiger partial charge >= 0.3 is 6.09 Å². The number of aryl methyl sites for hydroxylation is 1. The minimum atomic E-state index is -1.10. The molecule has 2 aromatic heterocycles. The number of amides is 2. The number of aromatic nitrogens is 3. The van der Waals surface area contributed by atoms with E-state index >= 15 is 4.39 Å². The number of alkyl carbamates (subject to hydrolysis) is 1. The molecule has 0 spiro atoms. The Morgan fingerprint density at radius 1 is 1.02 bits per heavy atom. The van der Waals surface area contributed by atoms with Crippen molar-refractivity contribution < 1.29 is 27.5 Å². The maximum atomic E-state index is 15.4. The van der Waals surface area contributed by atoms with E-state index in [0.717, 1.165) is 29.1 Å². The number of benzene rings is 2. The van der Waals surface area contributed by atoms with Crippen LogP contribution in [0.15, 0.2) is 42.5 Å². The van der Waals surface area contributed by atoms with Crippen LogP contribution in [0.3, 0.4) is 0 Å². The molecule has 0 aliphatic heterocycles. The van der Waals surface area contributed by atoms with Gasteiger partial charge in [0, 0.05) is 38.3 Å². The molecular formula is C30H35F3N8O3. The first-order valence-corrected chi connectivity index (χ1v) is 13.7. The van der Waals surface area contributed by atoms with Crippen molar-refractivity contribution in [3.8, 4) is 0 Å². The van der Waals surface area contributed by atoms with Gasteiger partial charge in [-0.05, 0) is 69.7 Å². The van der Waals surface area contributed by atoms with Crippen molar-refractivity contribution in [1.82, 2.24) is 20.1 Å². The third-order valence-corrected chi connectivity index (χ3v) is 6.54. The minimum absolute atomic E-state index is 0.0546. The second kappa shape index (κ2) is 12.3. The summed E-state index contributed by atoms with van der Waals surface area (Å²) < 4.78 is 51.0. The van der Waals surface area contributed by atoms with Crippen molar-refractivity contribution in [2.75, 3.05) is 29.6 Å². The highest BCUT2D eigenvalue weighted by Crippen LogP contribution is 2.32. The molecule has 0 bridgehead atoms. The zero-order valence-electron chi connectivity index (χ0n) is 25.4. The molecule has 0 saturated carbocycles. The highest BCUT2D eigenvalue weighted by atomic mass is 19.1. The average Bonchev–Trinajstić information content (AvgIpc) is 3.22. The first kappa shape index (κ1) is 31.9. The van der Waals surface area contributed by atoms with Gasteiger partial charge in [-0.25, -0.2) is 22.9 Å². The normalized spacial score (nSPS) is 12.9. The van der Waals surface area contributed by atoms with Crippen molar-refractivity contribution in [2.24, 2.45) is 12.8 Å². The SMILES string of the molecule is C[C@H](NC(=O)OC(C)(C)C)[C@H](Nc1nc(Nc2ccc3c(c2)c(N(C)C)nn3C)c(C(N)=O)cc1F)c1cc(F)cc(F)c1. The molecule has 234 valence electrons. The molecule has 2 atom stereocenters. The summed E-state index contributed by atoms with van der Waals surface area (Å²) in [6.07, 6.45) is -0.795. The van der Waals surface area contributed by atoms with Crippen molar-refractivity contribution in [3.05, 3.63) is 71.0 Å². The Bertz CT molecular complexity index is 1700. The Balaban J connectivity index is 1.74. The van der Waals surface area contributed by atoms with E-state index in [-0.39, 0.29) is 22.8 Å². The second-order valence-corrected chi connectivity index (χ2v) is 11.5. The molecule has 0 fully saturated rings. The standard InChI is InChI=1S/C30H35F3N8O3/c1-15(35-29(43)44-30(2,3)4)24(16-10-17(31)12-18(32)11-16)37-27-22(33)14-21(25(34)42)26(38-27)36-19-8-9-23-20(13-19)28(40(5)6)39-41(23)7/h8-15,24H,1-7H3,(H2,34,42)(H,35,43)(H2,36,37,38)/t15-,24-/m0/s1. The summed E-state index contributed by atoms with van der Waals surface area (Å²) in [7, 11) is 5.52. The van der Waals surface area contributed by atoms with Crippen LogP contribution in [0.5, 0.6) is 0 Å². The number of primary amides is 1. The molecule has 0 aliphatic rings. The predicted octanol–water partition coefficient (Wildman–Crippen LogP) is 5.36. The number of nitrogens with zero attached hydrogens (tertiary/aromatic N) is 4. The molecule has 4 aromatic rings. The van der Waals surface area contributed by atoms with Crippen LogP contribution in [-0.2, 0) is 11.8 Å². The van der Waals surface area contributed by atoms with Crippen molar-refractivity contribution in [1.29, 1.82) is 0 Å². The van der Waals surface area contributed by atoms with Gasteiger partial charge in [0.15, 0.2) is 17.5 Å². The van der Waals surface area contributed by atoms with E-state index < -0.39 is 47.1 Å². The lowest BCUT2D eigenvalue weighted by Gasteiger charge is -2.29. The number of anilines is 4. The molecule has 0 unspecified atom stereocenters. The third-order valence-electron chi connectivity index (χ3n) is 6.54. The number of hydrogen-bond donors (Lipinski definition) is 4. The largest absolute Gasteiger partial charge is 0.444 e. The number of fused-ring (bicyclic) bond motifs is 1. The molecule has 2 amide bonds. The van der Waals surface area contributed by atoms with Crippen LogP contribution >= 0.6 is 0 Å². The van der Waals surface area contributed by atoms with Crippen LogP contribution in [0, 0.1) is 17.5 Å². The fourth-order valence-electron chi connectivity index (χ4n) is 4.64. The summed E-state index contributed by atoms with van der Waals surface area (Å²) in [5, 5.41) is 13.8. The topological polar surface area (TPSA) is 139 Å². The minimum Gasteiger partial charge on any atom is -0.444 e. The summed E-state index contributed by atoms with van der Waals surface area (Å²) in [6.45, 7) is 6.58. The Labute approximate surface area is 252 Å². The van der Waals surface area contributed by atoms with E-state index in [1.165, 1.54) is 0 Å². The smallest absolute Gasteiger partial charge is 0.407 e. The summed E-state index contributed by atoms with van der Waals surface area (Å²) in [4.78, 5) is 31.0. The molecule has 0 aliphatic carbocycles. The zero-order valence-corrected chi connectivity index (χ0v) is 25.4. The van der Waals surface area contributed by atoms with Crippen LogP contribution in [-0.4, -0.2) is 52.5 Å². The van der Waals surface area contributed by atoms with E-state index in [1.807, 2.05) is 32.1 Å². The van der Waals surface area contributed by atoms with Gasteiger partial charge in [0.1, 0.15) is 23.1 Å². The first-order chi connectivity index (χ1) is 20.5. The Kier molecular flexibility index (Phi) is 8.93. The van der Waals surface area contributed by atoms with Gasteiger partial charge in [0.25, 0.3) is 5.91 Å². The lowest BCUT2D eigenvalue weighted by molar-refractivity contribution is 0.0503. The number of carbonyl (C=O) groups excluding carboxylic acids is 2. The van der Waals surface area contributed by atoms with Gasteiger partial charge in [0.2, 0.25) is 0 Å². The summed E-state index contributed by atoms with van der Waals surface area (Å²) in [5.41, 5.74) is 5.91. The number of hydrogen-bond acceptors (Lipinski definition) is 8. The molecule has 14 heteroatoms. The second-order valence-electron chi connectivity index (χ2n) is 11.5. The van der Waals surface area contributed by atoms with E-state index in [2.05, 4.69) is 26.0 Å². The van der Waals surface area contributed by atoms with Crippen molar-refractivity contribution >= 4 is 46.0 Å². The highest BCUT2D eigenvalue weighted by Gasteiger charge is 2.27. The molecule has 4 rings (SSSR count). The molecule has 0 radical (unpaired) electrons. The van der Waals surface area contributed by atoms with Crippen LogP contribution < -0.4 is 26.6 Å². The van der Waals surface area contributed by atoms with Crippen molar-refractivity contribution in [3.63, 3.8) is 0 Å². The van der Waals surface area contributed by atoms with Gasteiger partial charge in [0.05, 0.1) is 23.2 Å². The number of ether oxygens (including phenoxy) is 1. The third kappa shape index (κ3) is 7.30. The lowest BCUT2D eigenvalue weighted by atomic mass is 10.00. The Hall–Kier alpha value is -5.01. The fourth-order valence-corrected chi connectivity index (χ4v) is 4.64. The summed E-state index contributed by atoms with van der Waals surface area (Å²) >= 11 is 0. The van der Waals surface area contributed by atoms with Gasteiger partial charge in [-0.2, -0.15) is 5.10 Å². The zero-order chi connectivity index (χ0) is 32.5. The number of nitrogens with one attached hydrogen (secondary N) is 3. The number of carbonyl (C=O) groups is 2. The molecule has 44 heavy (non-hydrogen) atoms. The van der Waals surface area contributed by atoms with E-state index in [4.69, 9.17) is 10.5 Å². The molecule has 2 aromatic carbocycles. The lowest BCUT2D eigenvalue weighted by Crippen LogP contribution is -2.42. The van der Waals surface area contributed by atoms with Gasteiger partial charge in [-0.1, -0.05) is 0 Å². The Morgan fingerprint density at radius 2 is 1.68 bits per heavy atom. The van der Waals surface area contributed by atoms with E-state index in [9.17, 15) is 18.4 Å². The predicted molar refractivity (Wildman–Crippen MR) is 163 cm³/mol. The molecule has 5 N–H and O–H groups in total. The quantitative estimate of drug-likeness (QED) is 0.198. The van der Waals surface area contributed by atoms with Crippen LogP contribution in [0.2, 0.25) is 0 Å². The maximum absolute atomic E-state index is 15.4. The van der Waals surface area contributed by atoms with Gasteiger partial charge in [-0.15, -0.1) is 0 Å². The van der Waals surface area contributed by atoms with E-state index in [0.29, 0.717) is 17.6 Å². The molecular weight excluding hydrogens is 577 g/mol. The number of nitrogens with two attached hydrogens (primary N) is 1. The fraction of sp³-hybridized carbons (Fsp3) is 0.333. The number of rotatable bonds is 9. The maximum Gasteiger partial charge on any atom is 0.407 e. The van der Waals surface area contributed by atoms with Gasteiger partial charge in [-0.3, -0.25) is 9.48 Å². The summed E-state index contributed by atoms with van der Waals surface area (Å²) in [6, 6.07) is 7.06. The van der Waals surface area contributed by atoms with Crippen LogP contribution in [0.4, 0.5) is 41.1 Å².